The highest BCUT2D eigenvalue weighted by atomic mass is 19.2. The first-order chi connectivity index (χ1) is 8.08. The Hall–Kier alpha value is -1.76. The summed E-state index contributed by atoms with van der Waals surface area (Å²) < 4.78 is 36.3. The summed E-state index contributed by atoms with van der Waals surface area (Å²) in [4.78, 5) is 9.65. The molecular formula is C10H9F2NO4. The Balaban J connectivity index is 2.15. The summed E-state index contributed by atoms with van der Waals surface area (Å²) in [5.74, 6) is -2.99. The third-order valence-corrected chi connectivity index (χ3v) is 2.41. The van der Waals surface area contributed by atoms with Crippen molar-refractivity contribution in [3.63, 3.8) is 0 Å². The van der Waals surface area contributed by atoms with Crippen LogP contribution in [0.3, 0.4) is 0 Å². The third-order valence-electron chi connectivity index (χ3n) is 2.41. The van der Waals surface area contributed by atoms with Crippen LogP contribution < -0.4 is 4.74 Å². The molecule has 7 heteroatoms. The Morgan fingerprint density at radius 1 is 1.53 bits per heavy atom. The minimum absolute atomic E-state index is 0.0531. The van der Waals surface area contributed by atoms with E-state index in [4.69, 9.17) is 9.47 Å². The molecule has 1 fully saturated rings. The molecule has 0 aliphatic carbocycles. The van der Waals surface area contributed by atoms with Gasteiger partial charge in [-0.1, -0.05) is 0 Å². The minimum Gasteiger partial charge on any atom is -0.487 e. The molecule has 17 heavy (non-hydrogen) atoms. The lowest BCUT2D eigenvalue weighted by atomic mass is 10.2. The highest BCUT2D eigenvalue weighted by Gasteiger charge is 2.22. The second-order valence-electron chi connectivity index (χ2n) is 3.59. The first kappa shape index (κ1) is 11.7. The molecule has 0 bridgehead atoms. The summed E-state index contributed by atoms with van der Waals surface area (Å²) >= 11 is 0. The molecule has 2 rings (SSSR count). The molecular weight excluding hydrogens is 236 g/mol. The van der Waals surface area contributed by atoms with E-state index in [1.165, 1.54) is 0 Å². The van der Waals surface area contributed by atoms with Crippen molar-refractivity contribution < 1.29 is 23.2 Å². The normalized spacial score (nSPS) is 18.6. The summed E-state index contributed by atoms with van der Waals surface area (Å²) in [7, 11) is 0. The average Bonchev–Trinajstić information content (AvgIpc) is 2.21. The first-order valence-corrected chi connectivity index (χ1v) is 4.96. The molecule has 0 N–H and O–H groups in total. The number of hydrogen-bond acceptors (Lipinski definition) is 4. The number of nitro groups is 1. The van der Waals surface area contributed by atoms with Crippen LogP contribution in [0.2, 0.25) is 0 Å². The maximum Gasteiger partial charge on any atom is 0.276 e. The van der Waals surface area contributed by atoms with Crippen LogP contribution in [0.15, 0.2) is 12.1 Å². The summed E-state index contributed by atoms with van der Waals surface area (Å²) in [6, 6.07) is 1.37. The van der Waals surface area contributed by atoms with Crippen LogP contribution in [0.5, 0.6) is 5.75 Å². The van der Waals surface area contributed by atoms with E-state index in [0.717, 1.165) is 12.5 Å². The van der Waals surface area contributed by atoms with Gasteiger partial charge in [0.05, 0.1) is 23.2 Å². The minimum atomic E-state index is -1.30. The Labute approximate surface area is 95.1 Å². The molecule has 1 atom stereocenters. The van der Waals surface area contributed by atoms with Crippen molar-refractivity contribution in [1.29, 1.82) is 0 Å². The van der Waals surface area contributed by atoms with Gasteiger partial charge in [0.2, 0.25) is 5.82 Å². The van der Waals surface area contributed by atoms with Gasteiger partial charge in [0.1, 0.15) is 6.61 Å². The molecule has 1 aromatic carbocycles. The molecule has 1 aliphatic heterocycles. The highest BCUT2D eigenvalue weighted by Crippen LogP contribution is 2.27. The van der Waals surface area contributed by atoms with Gasteiger partial charge < -0.3 is 9.47 Å². The molecule has 1 heterocycles. The molecule has 1 aliphatic rings. The Bertz CT molecular complexity index is 448. The lowest BCUT2D eigenvalue weighted by molar-refractivity contribution is -0.385. The molecule has 1 aromatic rings. The molecule has 0 spiro atoms. The van der Waals surface area contributed by atoms with Crippen molar-refractivity contribution in [2.24, 2.45) is 0 Å². The fourth-order valence-corrected chi connectivity index (χ4v) is 1.36. The number of benzene rings is 1. The lowest BCUT2D eigenvalue weighted by Gasteiger charge is -2.26. The second kappa shape index (κ2) is 4.62. The zero-order chi connectivity index (χ0) is 12.4. The number of non-ortho nitro benzene ring substituents is 1. The predicted molar refractivity (Wildman–Crippen MR) is 52.9 cm³/mol. The Kier molecular flexibility index (Phi) is 3.19. The van der Waals surface area contributed by atoms with Gasteiger partial charge in [0, 0.05) is 13.0 Å². The van der Waals surface area contributed by atoms with Crippen LogP contribution in [-0.2, 0) is 4.74 Å². The fourth-order valence-electron chi connectivity index (χ4n) is 1.36. The molecule has 0 aromatic heterocycles. The summed E-state index contributed by atoms with van der Waals surface area (Å²) in [5.41, 5.74) is -0.548. The van der Waals surface area contributed by atoms with Crippen LogP contribution in [-0.4, -0.2) is 24.2 Å². The molecule has 5 nitrogen and oxygen atoms in total. The van der Waals surface area contributed by atoms with E-state index in [0.29, 0.717) is 12.7 Å². The number of halogens is 2. The second-order valence-corrected chi connectivity index (χ2v) is 3.59. The van der Waals surface area contributed by atoms with Crippen molar-refractivity contribution in [1.82, 2.24) is 0 Å². The smallest absolute Gasteiger partial charge is 0.276 e. The van der Waals surface area contributed by atoms with Gasteiger partial charge in [-0.2, -0.15) is 4.39 Å². The van der Waals surface area contributed by atoms with Crippen molar-refractivity contribution >= 4 is 5.69 Å². The van der Waals surface area contributed by atoms with Crippen molar-refractivity contribution in [3.05, 3.63) is 33.9 Å². The molecule has 0 saturated carbocycles. The Morgan fingerprint density at radius 3 is 2.76 bits per heavy atom. The maximum absolute atomic E-state index is 13.3. The van der Waals surface area contributed by atoms with Crippen LogP contribution in [0.4, 0.5) is 14.5 Å². The van der Waals surface area contributed by atoms with Crippen molar-refractivity contribution in [2.75, 3.05) is 13.2 Å². The quantitative estimate of drug-likeness (QED) is 0.601. The molecule has 0 radical (unpaired) electrons. The van der Waals surface area contributed by atoms with E-state index in [-0.39, 0.29) is 12.7 Å². The van der Waals surface area contributed by atoms with Gasteiger partial charge in [-0.05, 0) is 0 Å². The average molecular weight is 245 g/mol. The molecule has 0 amide bonds. The highest BCUT2D eigenvalue weighted by molar-refractivity contribution is 5.40. The zero-order valence-corrected chi connectivity index (χ0v) is 8.69. The van der Waals surface area contributed by atoms with E-state index in [2.05, 4.69) is 0 Å². The lowest BCUT2D eigenvalue weighted by Crippen LogP contribution is -2.32. The fraction of sp³-hybridized carbons (Fsp3) is 0.400. The number of nitrogens with zero attached hydrogens (tertiary/aromatic N) is 1. The maximum atomic E-state index is 13.3. The van der Waals surface area contributed by atoms with Gasteiger partial charge in [0.15, 0.2) is 11.6 Å². The Morgan fingerprint density at radius 2 is 2.24 bits per heavy atom. The van der Waals surface area contributed by atoms with Crippen LogP contribution >= 0.6 is 0 Å². The van der Waals surface area contributed by atoms with Gasteiger partial charge >= 0.3 is 0 Å². The molecule has 1 saturated heterocycles. The van der Waals surface area contributed by atoms with Crippen LogP contribution in [0.1, 0.15) is 6.42 Å². The van der Waals surface area contributed by atoms with Gasteiger partial charge in [0.25, 0.3) is 5.69 Å². The first-order valence-electron chi connectivity index (χ1n) is 4.96. The number of hydrogen-bond donors (Lipinski definition) is 0. The third kappa shape index (κ3) is 2.50. The van der Waals surface area contributed by atoms with E-state index >= 15 is 0 Å². The largest absolute Gasteiger partial charge is 0.487 e. The summed E-state index contributed by atoms with van der Waals surface area (Å²) in [5, 5.41) is 10.5. The van der Waals surface area contributed by atoms with Crippen LogP contribution in [0, 0.1) is 21.7 Å². The number of ether oxygens (including phenoxy) is 2. The SMILES string of the molecule is O=[N+]([O-])c1cc(F)c(F)c(OCC2CCO2)c1. The monoisotopic (exact) mass is 245 g/mol. The van der Waals surface area contributed by atoms with E-state index in [1.54, 1.807) is 0 Å². The number of nitro benzene ring substituents is 1. The van der Waals surface area contributed by atoms with E-state index < -0.39 is 28.0 Å². The predicted octanol–water partition coefficient (Wildman–Crippen LogP) is 2.04. The van der Waals surface area contributed by atoms with Gasteiger partial charge in [-0.3, -0.25) is 10.1 Å². The van der Waals surface area contributed by atoms with Gasteiger partial charge in [-0.25, -0.2) is 4.39 Å². The summed E-state index contributed by atoms with van der Waals surface area (Å²) in [6.07, 6.45) is 0.621. The molecule has 1 unspecified atom stereocenters. The molecule has 92 valence electrons. The van der Waals surface area contributed by atoms with Crippen LogP contribution in [0.25, 0.3) is 0 Å². The van der Waals surface area contributed by atoms with Crippen molar-refractivity contribution in [2.45, 2.75) is 12.5 Å². The zero-order valence-electron chi connectivity index (χ0n) is 8.69. The van der Waals surface area contributed by atoms with E-state index in [1.807, 2.05) is 0 Å². The van der Waals surface area contributed by atoms with E-state index in [9.17, 15) is 18.9 Å². The standard InChI is InChI=1S/C10H9F2NO4/c11-8-3-6(13(14)15)4-9(10(8)12)17-5-7-1-2-16-7/h3-4,7H,1-2,5H2. The summed E-state index contributed by atoms with van der Waals surface area (Å²) in [6.45, 7) is 0.664. The van der Waals surface area contributed by atoms with Crippen molar-refractivity contribution in [3.8, 4) is 5.75 Å². The topological polar surface area (TPSA) is 61.6 Å². The number of rotatable bonds is 4. The van der Waals surface area contributed by atoms with Gasteiger partial charge in [-0.15, -0.1) is 0 Å².